The number of sulfonamides is 1. The molecule has 4 aromatic rings. The van der Waals surface area contributed by atoms with E-state index >= 15 is 4.39 Å². The molecule has 0 heterocycles. The van der Waals surface area contributed by atoms with Gasteiger partial charge in [-0.1, -0.05) is 97.3 Å². The van der Waals surface area contributed by atoms with E-state index in [1.54, 1.807) is 12.1 Å². The molecule has 0 radical (unpaired) electrons. The van der Waals surface area contributed by atoms with Crippen molar-refractivity contribution in [3.63, 3.8) is 0 Å². The van der Waals surface area contributed by atoms with Crippen LogP contribution in [0.3, 0.4) is 0 Å². The van der Waals surface area contributed by atoms with E-state index in [0.717, 1.165) is 58.3 Å². The number of carbonyl (C=O) groups excluding carboxylic acids is 2. The van der Waals surface area contributed by atoms with Crippen LogP contribution in [0.2, 0.25) is 0 Å². The van der Waals surface area contributed by atoms with Crippen LogP contribution in [0, 0.1) is 19.7 Å². The van der Waals surface area contributed by atoms with Crippen LogP contribution in [0.5, 0.6) is 0 Å². The van der Waals surface area contributed by atoms with Crippen molar-refractivity contribution in [1.82, 2.24) is 10.2 Å². The van der Waals surface area contributed by atoms with Gasteiger partial charge >= 0.3 is 0 Å². The number of hydrogen-bond acceptors (Lipinski definition) is 4. The Labute approximate surface area is 271 Å². The first-order chi connectivity index (χ1) is 22.1. The summed E-state index contributed by atoms with van der Waals surface area (Å²) >= 11 is 0. The van der Waals surface area contributed by atoms with E-state index in [1.807, 2.05) is 68.4 Å². The Balaban J connectivity index is 1.58. The number of anilines is 1. The Kier molecular flexibility index (Phi) is 10.5. The van der Waals surface area contributed by atoms with E-state index < -0.39 is 34.3 Å². The molecule has 1 aliphatic carbocycles. The second kappa shape index (κ2) is 14.7. The number of benzene rings is 4. The summed E-state index contributed by atoms with van der Waals surface area (Å²) in [5.74, 6) is -1.70. The molecule has 0 bridgehead atoms. The maximum Gasteiger partial charge on any atom is 0.264 e. The van der Waals surface area contributed by atoms with Crippen molar-refractivity contribution >= 4 is 27.5 Å². The van der Waals surface area contributed by atoms with Gasteiger partial charge in [-0.3, -0.25) is 13.9 Å². The summed E-state index contributed by atoms with van der Waals surface area (Å²) in [6.07, 6.45) is 4.00. The number of aryl methyl sites for hydroxylation is 2. The fraction of sp³-hybridized carbons (Fsp3) is 0.297. The molecule has 1 saturated carbocycles. The number of nitrogens with one attached hydrogen (secondary N) is 1. The summed E-state index contributed by atoms with van der Waals surface area (Å²) in [4.78, 5) is 30.1. The van der Waals surface area contributed by atoms with Crippen LogP contribution < -0.4 is 9.62 Å². The number of para-hydroxylation sites is 1. The fourth-order valence-electron chi connectivity index (χ4n) is 5.90. The van der Waals surface area contributed by atoms with Crippen LogP contribution in [0.1, 0.15) is 47.9 Å². The lowest BCUT2D eigenvalue weighted by Crippen LogP contribution is -2.54. The maximum atomic E-state index is 15.3. The molecule has 1 fully saturated rings. The molecule has 0 saturated heterocycles. The van der Waals surface area contributed by atoms with Crippen molar-refractivity contribution in [3.8, 4) is 0 Å². The van der Waals surface area contributed by atoms with Crippen molar-refractivity contribution in [2.45, 2.75) is 69.5 Å². The molecule has 0 spiro atoms. The summed E-state index contributed by atoms with van der Waals surface area (Å²) in [7, 11) is -4.38. The molecule has 2 amide bonds. The fourth-order valence-corrected chi connectivity index (χ4v) is 7.32. The lowest BCUT2D eigenvalue weighted by Gasteiger charge is -2.34. The molecular formula is C37H40FN3O4S. The first kappa shape index (κ1) is 32.9. The van der Waals surface area contributed by atoms with E-state index in [2.05, 4.69) is 5.32 Å². The largest absolute Gasteiger partial charge is 0.352 e. The van der Waals surface area contributed by atoms with E-state index in [4.69, 9.17) is 0 Å². The second-order valence-corrected chi connectivity index (χ2v) is 13.8. The number of hydrogen-bond donors (Lipinski definition) is 1. The van der Waals surface area contributed by atoms with Crippen LogP contribution in [-0.2, 0) is 32.6 Å². The number of rotatable bonds is 12. The maximum absolute atomic E-state index is 15.3. The predicted molar refractivity (Wildman–Crippen MR) is 178 cm³/mol. The van der Waals surface area contributed by atoms with Crippen LogP contribution in [0.4, 0.5) is 10.1 Å². The monoisotopic (exact) mass is 641 g/mol. The summed E-state index contributed by atoms with van der Waals surface area (Å²) in [6, 6.07) is 27.8. The summed E-state index contributed by atoms with van der Waals surface area (Å²) in [5, 5.41) is 3.17. The average Bonchev–Trinajstić information content (AvgIpc) is 3.56. The molecule has 240 valence electrons. The molecule has 4 aromatic carbocycles. The molecule has 7 nitrogen and oxygen atoms in total. The minimum Gasteiger partial charge on any atom is -0.352 e. The molecule has 9 heteroatoms. The number of halogens is 1. The highest BCUT2D eigenvalue weighted by atomic mass is 32.2. The van der Waals surface area contributed by atoms with Gasteiger partial charge in [0, 0.05) is 19.0 Å². The summed E-state index contributed by atoms with van der Waals surface area (Å²) < 4.78 is 44.3. The first-order valence-corrected chi connectivity index (χ1v) is 17.1. The highest BCUT2D eigenvalue weighted by Crippen LogP contribution is 2.28. The van der Waals surface area contributed by atoms with Crippen LogP contribution in [0.15, 0.2) is 108 Å². The van der Waals surface area contributed by atoms with Crippen molar-refractivity contribution in [1.29, 1.82) is 0 Å². The smallest absolute Gasteiger partial charge is 0.264 e. The third-order valence-electron chi connectivity index (χ3n) is 8.58. The van der Waals surface area contributed by atoms with E-state index in [1.165, 1.54) is 35.2 Å². The minimum atomic E-state index is -4.38. The minimum absolute atomic E-state index is 0.0121. The molecule has 0 aliphatic heterocycles. The second-order valence-electron chi connectivity index (χ2n) is 11.9. The molecular weight excluding hydrogens is 601 g/mol. The van der Waals surface area contributed by atoms with Gasteiger partial charge in [0.2, 0.25) is 11.8 Å². The average molecular weight is 642 g/mol. The quantitative estimate of drug-likeness (QED) is 0.196. The zero-order chi connectivity index (χ0) is 32.7. The number of nitrogens with zero attached hydrogens (tertiary/aromatic N) is 2. The highest BCUT2D eigenvalue weighted by Gasteiger charge is 2.36. The molecule has 1 atom stereocenters. The predicted octanol–water partition coefficient (Wildman–Crippen LogP) is 6.34. The van der Waals surface area contributed by atoms with Crippen molar-refractivity contribution < 1.29 is 22.4 Å². The SMILES string of the molecule is Cc1ccc(S(=O)(=O)N(CC(=O)N(Cc2ccccc2C)C(Cc2ccccc2)C(=O)NC2CCCC2)c2ccccc2F)cc1. The van der Waals surface area contributed by atoms with Gasteiger partial charge < -0.3 is 10.2 Å². The Morgan fingerprint density at radius 3 is 2.15 bits per heavy atom. The van der Waals surface area contributed by atoms with Crippen molar-refractivity contribution in [2.75, 3.05) is 10.8 Å². The summed E-state index contributed by atoms with van der Waals surface area (Å²) in [6.45, 7) is 3.12. The van der Waals surface area contributed by atoms with Crippen LogP contribution in [0.25, 0.3) is 0 Å². The van der Waals surface area contributed by atoms with Gasteiger partial charge in [-0.15, -0.1) is 0 Å². The van der Waals surface area contributed by atoms with Gasteiger partial charge in [0.15, 0.2) is 0 Å². The molecule has 46 heavy (non-hydrogen) atoms. The topological polar surface area (TPSA) is 86.8 Å². The number of carbonyl (C=O) groups is 2. The lowest BCUT2D eigenvalue weighted by molar-refractivity contribution is -0.140. The highest BCUT2D eigenvalue weighted by molar-refractivity contribution is 7.92. The van der Waals surface area contributed by atoms with Crippen LogP contribution >= 0.6 is 0 Å². The first-order valence-electron chi connectivity index (χ1n) is 15.7. The van der Waals surface area contributed by atoms with Gasteiger partial charge in [0.05, 0.1) is 10.6 Å². The van der Waals surface area contributed by atoms with Crippen molar-refractivity contribution in [3.05, 3.63) is 131 Å². The number of amides is 2. The van der Waals surface area contributed by atoms with Crippen molar-refractivity contribution in [2.24, 2.45) is 0 Å². The van der Waals surface area contributed by atoms with Gasteiger partial charge in [0.1, 0.15) is 18.4 Å². The van der Waals surface area contributed by atoms with Gasteiger partial charge in [-0.25, -0.2) is 12.8 Å². The van der Waals surface area contributed by atoms with E-state index in [9.17, 15) is 18.0 Å². The molecule has 1 unspecified atom stereocenters. The van der Waals surface area contributed by atoms with Crippen LogP contribution in [-0.4, -0.2) is 43.8 Å². The Morgan fingerprint density at radius 1 is 0.848 bits per heavy atom. The third-order valence-corrected chi connectivity index (χ3v) is 10.4. The molecule has 1 aliphatic rings. The molecule has 0 aromatic heterocycles. The Bertz CT molecular complexity index is 1760. The Morgan fingerprint density at radius 2 is 1.48 bits per heavy atom. The zero-order valence-electron chi connectivity index (χ0n) is 26.2. The Hall–Kier alpha value is -4.50. The third kappa shape index (κ3) is 7.83. The standard InChI is InChI=1S/C37H40FN3O4S/c1-27-20-22-32(23-21-27)46(44,45)41(34-19-11-10-18-33(34)38)26-36(42)40(25-30-15-7-6-12-28(30)2)35(24-29-13-4-3-5-14-29)37(43)39-31-16-8-9-17-31/h3-7,10-15,18-23,31,35H,8-9,16-17,24-26H2,1-2H3,(H,39,43). The van der Waals surface area contributed by atoms with Gasteiger partial charge in [0.25, 0.3) is 10.0 Å². The zero-order valence-corrected chi connectivity index (χ0v) is 27.0. The summed E-state index contributed by atoms with van der Waals surface area (Å²) in [5.41, 5.74) is 3.21. The molecule has 1 N–H and O–H groups in total. The van der Waals surface area contributed by atoms with Gasteiger partial charge in [-0.05, 0) is 67.6 Å². The molecule has 5 rings (SSSR count). The van der Waals surface area contributed by atoms with E-state index in [0.29, 0.717) is 0 Å². The van der Waals surface area contributed by atoms with E-state index in [-0.39, 0.29) is 35.5 Å². The van der Waals surface area contributed by atoms with Gasteiger partial charge in [-0.2, -0.15) is 0 Å². The lowest BCUT2D eigenvalue weighted by atomic mass is 10.0. The normalized spacial score (nSPS) is 14.1.